The minimum Gasteiger partial charge on any atom is -0.756 e. The van der Waals surface area contributed by atoms with Crippen molar-refractivity contribution in [2.45, 2.75) is 238 Å². The van der Waals surface area contributed by atoms with Crippen molar-refractivity contribution in [1.82, 2.24) is 0 Å². The zero-order valence-electron chi connectivity index (χ0n) is 38.6. The molecule has 0 bridgehead atoms. The molecule has 0 saturated carbocycles. The number of allylic oxidation sites excluding steroid dienone is 2. The van der Waals surface area contributed by atoms with Crippen molar-refractivity contribution in [1.29, 1.82) is 0 Å². The van der Waals surface area contributed by atoms with E-state index >= 15 is 0 Å². The first-order valence-corrected chi connectivity index (χ1v) is 25.9. The Kier molecular flexibility index (Phi) is 41.4. The van der Waals surface area contributed by atoms with Gasteiger partial charge in [-0.25, -0.2) is 0 Å². The fourth-order valence-electron chi connectivity index (χ4n) is 7.01. The topological polar surface area (TPSA) is 94.1 Å². The fourth-order valence-corrected chi connectivity index (χ4v) is 7.74. The molecule has 0 radical (unpaired) electrons. The maximum absolute atomic E-state index is 12.7. The molecule has 2 atom stereocenters. The van der Waals surface area contributed by atoms with Crippen LogP contribution < -0.4 is 4.89 Å². The monoisotopic (exact) mass is 830 g/mol. The number of hydrogen-bond donors (Lipinski definition) is 0. The van der Waals surface area contributed by atoms with Crippen molar-refractivity contribution < 1.29 is 37.3 Å². The van der Waals surface area contributed by atoms with E-state index in [9.17, 15) is 14.3 Å². The number of esters is 1. The first kappa shape index (κ1) is 56.2. The van der Waals surface area contributed by atoms with Gasteiger partial charge in [0, 0.05) is 13.0 Å². The molecule has 0 aliphatic heterocycles. The highest BCUT2D eigenvalue weighted by molar-refractivity contribution is 7.45. The molecule has 0 aromatic rings. The van der Waals surface area contributed by atoms with Crippen molar-refractivity contribution in [3.05, 3.63) is 12.2 Å². The van der Waals surface area contributed by atoms with Crippen LogP contribution in [-0.2, 0) is 27.9 Å². The molecule has 0 fully saturated rings. The SMILES string of the molecule is CCCCCCCC/C=C\CCCCCCCCCC(=O)OC(COCCCCCCCCCCCCCCCCCCCC)COP(=O)([O-])OCC[N+](C)(C)C. The van der Waals surface area contributed by atoms with Gasteiger partial charge in [0.2, 0.25) is 0 Å². The fraction of sp³-hybridized carbons (Fsp3) is 0.938. The number of likely N-dealkylation sites (N-methyl/N-ethyl adjacent to an activating group) is 1. The molecule has 340 valence electrons. The summed E-state index contributed by atoms with van der Waals surface area (Å²) in [5, 5.41) is 0. The molecule has 0 saturated heterocycles. The molecule has 0 amide bonds. The molecule has 0 rings (SSSR count). The Balaban J connectivity index is 4.15. The number of quaternary nitrogens is 1. The number of ether oxygens (including phenoxy) is 2. The van der Waals surface area contributed by atoms with Gasteiger partial charge in [0.05, 0.1) is 34.4 Å². The molecular formula is C48H96NO7P. The average molecular weight is 830 g/mol. The predicted octanol–water partition coefficient (Wildman–Crippen LogP) is 14.0. The number of carbonyl (C=O) groups excluding carboxylic acids is 1. The molecule has 0 aliphatic carbocycles. The Labute approximate surface area is 354 Å². The van der Waals surface area contributed by atoms with E-state index in [4.69, 9.17) is 18.5 Å². The molecular weight excluding hydrogens is 734 g/mol. The van der Waals surface area contributed by atoms with Crippen LogP contribution in [0, 0.1) is 0 Å². The molecule has 0 aromatic carbocycles. The van der Waals surface area contributed by atoms with Crippen LogP contribution in [0.1, 0.15) is 232 Å². The van der Waals surface area contributed by atoms with Crippen molar-refractivity contribution in [2.24, 2.45) is 0 Å². The van der Waals surface area contributed by atoms with E-state index in [1.54, 1.807) is 0 Å². The van der Waals surface area contributed by atoms with E-state index in [1.165, 1.54) is 180 Å². The first-order valence-electron chi connectivity index (χ1n) is 24.4. The van der Waals surface area contributed by atoms with Gasteiger partial charge in [-0.15, -0.1) is 0 Å². The number of unbranched alkanes of at least 4 members (excludes halogenated alkanes) is 30. The van der Waals surface area contributed by atoms with Gasteiger partial charge in [-0.2, -0.15) is 0 Å². The summed E-state index contributed by atoms with van der Waals surface area (Å²) in [5.74, 6) is -0.334. The Bertz CT molecular complexity index is 925. The quantitative estimate of drug-likeness (QED) is 0.0198. The van der Waals surface area contributed by atoms with Gasteiger partial charge in [0.15, 0.2) is 0 Å². The Morgan fingerprint density at radius 3 is 1.33 bits per heavy atom. The van der Waals surface area contributed by atoms with E-state index in [0.717, 1.165) is 32.1 Å². The maximum atomic E-state index is 12.7. The highest BCUT2D eigenvalue weighted by Crippen LogP contribution is 2.38. The molecule has 57 heavy (non-hydrogen) atoms. The zero-order valence-corrected chi connectivity index (χ0v) is 39.5. The van der Waals surface area contributed by atoms with Crippen molar-refractivity contribution in [3.8, 4) is 0 Å². The van der Waals surface area contributed by atoms with Crippen LogP contribution in [0.25, 0.3) is 0 Å². The third-order valence-electron chi connectivity index (χ3n) is 10.8. The Hall–Kier alpha value is -0.760. The number of carbonyl (C=O) groups is 1. The third-order valence-corrected chi connectivity index (χ3v) is 11.8. The summed E-state index contributed by atoms with van der Waals surface area (Å²) in [4.78, 5) is 25.1. The summed E-state index contributed by atoms with van der Waals surface area (Å²) in [7, 11) is 1.37. The lowest BCUT2D eigenvalue weighted by Crippen LogP contribution is -2.37. The molecule has 0 spiro atoms. The van der Waals surface area contributed by atoms with E-state index in [1.807, 2.05) is 21.1 Å². The smallest absolute Gasteiger partial charge is 0.306 e. The third kappa shape index (κ3) is 46.2. The van der Waals surface area contributed by atoms with E-state index in [0.29, 0.717) is 24.1 Å². The second kappa shape index (κ2) is 42.0. The number of nitrogens with zero attached hydrogens (tertiary/aromatic N) is 1. The molecule has 9 heteroatoms. The lowest BCUT2D eigenvalue weighted by atomic mass is 10.0. The van der Waals surface area contributed by atoms with Gasteiger partial charge in [0.25, 0.3) is 7.82 Å². The highest BCUT2D eigenvalue weighted by atomic mass is 31.2. The van der Waals surface area contributed by atoms with Gasteiger partial charge in [-0.05, 0) is 38.5 Å². The van der Waals surface area contributed by atoms with Crippen LogP contribution >= 0.6 is 7.82 Å². The van der Waals surface area contributed by atoms with Crippen LogP contribution in [0.5, 0.6) is 0 Å². The lowest BCUT2D eigenvalue weighted by molar-refractivity contribution is -0.870. The largest absolute Gasteiger partial charge is 0.756 e. The van der Waals surface area contributed by atoms with Crippen LogP contribution in [0.3, 0.4) is 0 Å². The molecule has 0 N–H and O–H groups in total. The minimum atomic E-state index is -4.52. The Morgan fingerprint density at radius 2 is 0.912 bits per heavy atom. The second-order valence-corrected chi connectivity index (χ2v) is 19.2. The Morgan fingerprint density at radius 1 is 0.526 bits per heavy atom. The highest BCUT2D eigenvalue weighted by Gasteiger charge is 2.20. The summed E-state index contributed by atoms with van der Waals surface area (Å²) in [5.41, 5.74) is 0. The molecule has 8 nitrogen and oxygen atoms in total. The summed E-state index contributed by atoms with van der Waals surface area (Å²) < 4.78 is 34.7. The number of phosphoric acid groups is 1. The van der Waals surface area contributed by atoms with E-state index in [2.05, 4.69) is 26.0 Å². The summed E-state index contributed by atoms with van der Waals surface area (Å²) in [6.45, 7) is 5.46. The average Bonchev–Trinajstić information content (AvgIpc) is 3.16. The van der Waals surface area contributed by atoms with Crippen LogP contribution in [0.15, 0.2) is 12.2 Å². The van der Waals surface area contributed by atoms with Gasteiger partial charge in [0.1, 0.15) is 19.3 Å². The van der Waals surface area contributed by atoms with Gasteiger partial charge >= 0.3 is 5.97 Å². The molecule has 0 aliphatic rings. The number of hydrogen-bond acceptors (Lipinski definition) is 7. The van der Waals surface area contributed by atoms with Crippen LogP contribution in [0.2, 0.25) is 0 Å². The molecule has 2 unspecified atom stereocenters. The minimum absolute atomic E-state index is 0.0287. The van der Waals surface area contributed by atoms with Gasteiger partial charge in [-0.1, -0.05) is 199 Å². The van der Waals surface area contributed by atoms with Crippen molar-refractivity contribution in [3.63, 3.8) is 0 Å². The number of rotatable bonds is 46. The normalized spacial score (nSPS) is 13.7. The van der Waals surface area contributed by atoms with Crippen LogP contribution in [-0.4, -0.2) is 70.7 Å². The van der Waals surface area contributed by atoms with Gasteiger partial charge < -0.3 is 27.9 Å². The lowest BCUT2D eigenvalue weighted by Gasteiger charge is -2.28. The maximum Gasteiger partial charge on any atom is 0.306 e. The van der Waals surface area contributed by atoms with Crippen molar-refractivity contribution in [2.75, 3.05) is 54.1 Å². The zero-order chi connectivity index (χ0) is 42.0. The molecule has 0 aromatic heterocycles. The van der Waals surface area contributed by atoms with Crippen molar-refractivity contribution >= 4 is 13.8 Å². The number of phosphoric ester groups is 1. The summed E-state index contributed by atoms with van der Waals surface area (Å²) in [6, 6.07) is 0. The second-order valence-electron chi connectivity index (χ2n) is 17.8. The summed E-state index contributed by atoms with van der Waals surface area (Å²) in [6.07, 6.45) is 46.5. The molecule has 0 heterocycles. The summed E-state index contributed by atoms with van der Waals surface area (Å²) >= 11 is 0. The first-order chi connectivity index (χ1) is 27.6. The van der Waals surface area contributed by atoms with E-state index in [-0.39, 0.29) is 25.8 Å². The van der Waals surface area contributed by atoms with Gasteiger partial charge in [-0.3, -0.25) is 9.36 Å². The predicted molar refractivity (Wildman–Crippen MR) is 241 cm³/mol. The standard InChI is InChI=1S/C48H96NO7P/c1-6-8-10-12-14-16-18-20-22-24-26-28-30-32-34-36-38-40-43-53-45-47(46-55-57(51,52)54-44-42-49(3,4)5)56-48(50)41-39-37-35-33-31-29-27-25-23-21-19-17-15-13-11-9-7-2/h21,23,47H,6-20,22,24-46H2,1-5H3/b23-21-. The van der Waals surface area contributed by atoms with Crippen LogP contribution in [0.4, 0.5) is 0 Å². The van der Waals surface area contributed by atoms with E-state index < -0.39 is 13.9 Å².